The Labute approximate surface area is 179 Å². The van der Waals surface area contributed by atoms with Crippen molar-refractivity contribution in [3.8, 4) is 0 Å². The largest absolute Gasteiger partial charge is 0.468 e. The van der Waals surface area contributed by atoms with Gasteiger partial charge in [-0.25, -0.2) is 17.2 Å². The van der Waals surface area contributed by atoms with Gasteiger partial charge in [-0.05, 0) is 18.6 Å². The standard InChI is InChI=1S/C19H24F2N4O5S/c1-3-16(19(27)23-15-9-13(20)8-14(21)10-15)17(11-22)24-4-6-25(7-5-24)31(28,29)12-18(26)30-2/h8-11,22H,3-7,12H2,1-2H3,(H,23,27). The lowest BCUT2D eigenvalue weighted by molar-refractivity contribution is -0.137. The topological polar surface area (TPSA) is 120 Å². The number of amides is 1. The molecule has 170 valence electrons. The number of sulfonamides is 1. The van der Waals surface area contributed by atoms with Crippen molar-refractivity contribution in [1.29, 1.82) is 5.41 Å². The van der Waals surface area contributed by atoms with Crippen molar-refractivity contribution < 1.29 is 31.5 Å². The number of nitrogens with zero attached hydrogens (tertiary/aromatic N) is 2. The number of allylic oxidation sites excluding steroid dienone is 1. The number of esters is 1. The number of halogens is 2. The molecule has 0 unspecified atom stereocenters. The summed E-state index contributed by atoms with van der Waals surface area (Å²) in [6, 6.07) is 2.63. The molecule has 2 rings (SSSR count). The Hall–Kier alpha value is -2.86. The first-order valence-corrected chi connectivity index (χ1v) is 11.0. The number of rotatable bonds is 8. The molecule has 1 amide bonds. The average Bonchev–Trinajstić information content (AvgIpc) is 2.70. The van der Waals surface area contributed by atoms with Crippen molar-refractivity contribution in [3.63, 3.8) is 0 Å². The molecule has 1 saturated heterocycles. The molecule has 1 aromatic carbocycles. The highest BCUT2D eigenvalue weighted by atomic mass is 32.2. The number of piperazine rings is 1. The highest BCUT2D eigenvalue weighted by molar-refractivity contribution is 7.89. The Morgan fingerprint density at radius 3 is 2.23 bits per heavy atom. The predicted octanol–water partition coefficient (Wildman–Crippen LogP) is 1.34. The van der Waals surface area contributed by atoms with Gasteiger partial charge in [0.25, 0.3) is 5.91 Å². The van der Waals surface area contributed by atoms with Gasteiger partial charge in [-0.3, -0.25) is 9.59 Å². The van der Waals surface area contributed by atoms with Gasteiger partial charge in [0, 0.05) is 49.7 Å². The lowest BCUT2D eigenvalue weighted by Crippen LogP contribution is -2.50. The summed E-state index contributed by atoms with van der Waals surface area (Å²) in [4.78, 5) is 25.7. The molecular formula is C19H24F2N4O5S. The zero-order valence-electron chi connectivity index (χ0n) is 17.2. The second-order valence-corrected chi connectivity index (χ2v) is 8.66. The Bertz CT molecular complexity index is 969. The van der Waals surface area contributed by atoms with Crippen LogP contribution in [0.15, 0.2) is 29.5 Å². The molecule has 0 radical (unpaired) electrons. The molecule has 9 nitrogen and oxygen atoms in total. The number of nitrogens with one attached hydrogen (secondary N) is 2. The summed E-state index contributed by atoms with van der Waals surface area (Å²) in [5, 5.41) is 10.2. The Morgan fingerprint density at radius 2 is 1.74 bits per heavy atom. The smallest absolute Gasteiger partial charge is 0.322 e. The van der Waals surface area contributed by atoms with Crippen molar-refractivity contribution in [2.75, 3.05) is 44.4 Å². The average molecular weight is 458 g/mol. The van der Waals surface area contributed by atoms with E-state index in [9.17, 15) is 26.8 Å². The molecular weight excluding hydrogens is 434 g/mol. The Balaban J connectivity index is 2.16. The fourth-order valence-corrected chi connectivity index (χ4v) is 4.48. The molecule has 0 spiro atoms. The minimum Gasteiger partial charge on any atom is -0.468 e. The van der Waals surface area contributed by atoms with Gasteiger partial charge >= 0.3 is 5.97 Å². The summed E-state index contributed by atoms with van der Waals surface area (Å²) in [7, 11) is -2.73. The minimum absolute atomic E-state index is 0.0588. The number of ether oxygens (including phenoxy) is 1. The highest BCUT2D eigenvalue weighted by Gasteiger charge is 2.30. The van der Waals surface area contributed by atoms with Crippen LogP contribution < -0.4 is 5.32 Å². The van der Waals surface area contributed by atoms with Gasteiger partial charge in [-0.1, -0.05) is 6.92 Å². The third-order valence-corrected chi connectivity index (χ3v) is 6.45. The third-order valence-electron chi connectivity index (χ3n) is 4.69. The van der Waals surface area contributed by atoms with Gasteiger partial charge in [-0.15, -0.1) is 0 Å². The number of benzene rings is 1. The first-order chi connectivity index (χ1) is 14.6. The van der Waals surface area contributed by atoms with Gasteiger partial charge in [0.1, 0.15) is 11.6 Å². The van der Waals surface area contributed by atoms with Crippen molar-refractivity contribution in [2.24, 2.45) is 0 Å². The van der Waals surface area contributed by atoms with Crippen molar-refractivity contribution in [1.82, 2.24) is 9.21 Å². The molecule has 1 fully saturated rings. The molecule has 0 saturated carbocycles. The van der Waals surface area contributed by atoms with Crippen LogP contribution >= 0.6 is 0 Å². The summed E-state index contributed by atoms with van der Waals surface area (Å²) in [6.45, 7) is 2.20. The monoisotopic (exact) mass is 458 g/mol. The number of hydrogen-bond donors (Lipinski definition) is 2. The third kappa shape index (κ3) is 6.31. The maximum atomic E-state index is 13.4. The maximum Gasteiger partial charge on any atom is 0.322 e. The van der Waals surface area contributed by atoms with Crippen molar-refractivity contribution >= 4 is 33.8 Å². The van der Waals surface area contributed by atoms with Crippen molar-refractivity contribution in [2.45, 2.75) is 13.3 Å². The molecule has 1 heterocycles. The second kappa shape index (κ2) is 10.4. The van der Waals surface area contributed by atoms with Gasteiger partial charge in [0.05, 0.1) is 12.8 Å². The molecule has 0 aliphatic carbocycles. The fourth-order valence-electron chi connectivity index (χ4n) is 3.17. The van der Waals surface area contributed by atoms with Crippen LogP contribution in [0.4, 0.5) is 14.5 Å². The van der Waals surface area contributed by atoms with E-state index in [0.717, 1.165) is 29.8 Å². The predicted molar refractivity (Wildman–Crippen MR) is 110 cm³/mol. The van der Waals surface area contributed by atoms with Crippen LogP contribution in [0.3, 0.4) is 0 Å². The van der Waals surface area contributed by atoms with Crippen LogP contribution in [0.25, 0.3) is 0 Å². The number of hydrogen-bond acceptors (Lipinski definition) is 7. The van der Waals surface area contributed by atoms with E-state index in [4.69, 9.17) is 5.41 Å². The molecule has 0 bridgehead atoms. The summed E-state index contributed by atoms with van der Waals surface area (Å²) in [5.41, 5.74) is 0.434. The SMILES string of the molecule is CCC(C(=O)Nc1cc(F)cc(F)c1)=C(C=N)N1CCN(S(=O)(=O)CC(=O)OC)CC1. The number of carbonyl (C=O) groups excluding carboxylic acids is 2. The van der Waals surface area contributed by atoms with E-state index in [1.54, 1.807) is 11.8 Å². The molecule has 1 aliphatic heterocycles. The number of carbonyl (C=O) groups is 2. The molecule has 0 atom stereocenters. The molecule has 1 aromatic rings. The zero-order valence-corrected chi connectivity index (χ0v) is 18.0. The van der Waals surface area contributed by atoms with E-state index in [0.29, 0.717) is 6.07 Å². The van der Waals surface area contributed by atoms with Gasteiger partial charge < -0.3 is 20.4 Å². The van der Waals surface area contributed by atoms with Crippen LogP contribution in [0, 0.1) is 17.0 Å². The van der Waals surface area contributed by atoms with E-state index in [1.807, 2.05) is 0 Å². The van der Waals surface area contributed by atoms with E-state index >= 15 is 0 Å². The zero-order chi connectivity index (χ0) is 23.2. The van der Waals surface area contributed by atoms with Gasteiger partial charge in [0.2, 0.25) is 10.0 Å². The number of methoxy groups -OCH3 is 1. The normalized spacial score (nSPS) is 15.8. The molecule has 31 heavy (non-hydrogen) atoms. The summed E-state index contributed by atoms with van der Waals surface area (Å²) < 4.78 is 56.9. The fraction of sp³-hybridized carbons (Fsp3) is 0.421. The highest BCUT2D eigenvalue weighted by Crippen LogP contribution is 2.20. The first-order valence-electron chi connectivity index (χ1n) is 9.42. The minimum atomic E-state index is -3.83. The lowest BCUT2D eigenvalue weighted by Gasteiger charge is -2.36. The second-order valence-electron chi connectivity index (χ2n) is 6.69. The van der Waals surface area contributed by atoms with E-state index in [2.05, 4.69) is 10.1 Å². The van der Waals surface area contributed by atoms with Crippen LogP contribution in [0.2, 0.25) is 0 Å². The molecule has 0 aromatic heterocycles. The molecule has 2 N–H and O–H groups in total. The maximum absolute atomic E-state index is 13.4. The summed E-state index contributed by atoms with van der Waals surface area (Å²) in [5.74, 6) is -3.92. The van der Waals surface area contributed by atoms with Crippen LogP contribution in [0.5, 0.6) is 0 Å². The lowest BCUT2D eigenvalue weighted by atomic mass is 10.1. The molecule has 1 aliphatic rings. The van der Waals surface area contributed by atoms with Crippen LogP contribution in [-0.4, -0.2) is 74.8 Å². The van der Waals surface area contributed by atoms with Gasteiger partial charge in [-0.2, -0.15) is 4.31 Å². The molecule has 12 heteroatoms. The number of anilines is 1. The summed E-state index contributed by atoms with van der Waals surface area (Å²) in [6.07, 6.45) is 1.22. The van der Waals surface area contributed by atoms with Crippen LogP contribution in [-0.2, 0) is 24.3 Å². The Kier molecular flexibility index (Phi) is 8.22. The van der Waals surface area contributed by atoms with Crippen molar-refractivity contribution in [3.05, 3.63) is 41.1 Å². The Morgan fingerprint density at radius 1 is 1.16 bits per heavy atom. The summed E-state index contributed by atoms with van der Waals surface area (Å²) >= 11 is 0. The van der Waals surface area contributed by atoms with E-state index < -0.39 is 39.3 Å². The van der Waals surface area contributed by atoms with Crippen LogP contribution in [0.1, 0.15) is 13.3 Å². The van der Waals surface area contributed by atoms with Gasteiger partial charge in [0.15, 0.2) is 5.75 Å². The van der Waals surface area contributed by atoms with E-state index in [1.165, 1.54) is 0 Å². The quantitative estimate of drug-likeness (QED) is 0.345. The van der Waals surface area contributed by atoms with E-state index in [-0.39, 0.29) is 49.6 Å². The first kappa shape index (κ1) is 24.4.